The zero-order valence-corrected chi connectivity index (χ0v) is 14.8. The molecule has 0 spiro atoms. The predicted octanol–water partition coefficient (Wildman–Crippen LogP) is 4.60. The SMILES string of the molecule is c1cncc([C@H]2Oc3ccccc3[C@@H]3c4[nH]c5ccccc5c4CCN32)c1. The summed E-state index contributed by atoms with van der Waals surface area (Å²) in [6.45, 7) is 0.952. The van der Waals surface area contributed by atoms with Gasteiger partial charge in [-0.15, -0.1) is 0 Å². The van der Waals surface area contributed by atoms with Crippen molar-refractivity contribution in [2.24, 2.45) is 0 Å². The van der Waals surface area contributed by atoms with Crippen LogP contribution >= 0.6 is 0 Å². The lowest BCUT2D eigenvalue weighted by Crippen LogP contribution is -2.44. The number of hydrogen-bond donors (Lipinski definition) is 1. The summed E-state index contributed by atoms with van der Waals surface area (Å²) >= 11 is 0. The lowest BCUT2D eigenvalue weighted by molar-refractivity contribution is -0.0247. The molecule has 2 aliphatic heterocycles. The highest BCUT2D eigenvalue weighted by Crippen LogP contribution is 2.48. The molecule has 6 rings (SSSR count). The molecule has 0 unspecified atom stereocenters. The van der Waals surface area contributed by atoms with E-state index < -0.39 is 0 Å². The van der Waals surface area contributed by atoms with Crippen molar-refractivity contribution in [2.75, 3.05) is 6.54 Å². The van der Waals surface area contributed by atoms with E-state index in [1.807, 2.05) is 24.5 Å². The molecule has 4 nitrogen and oxygen atoms in total. The van der Waals surface area contributed by atoms with Crippen LogP contribution in [0.15, 0.2) is 73.1 Å². The van der Waals surface area contributed by atoms with E-state index in [-0.39, 0.29) is 12.3 Å². The molecule has 2 aromatic heterocycles. The van der Waals surface area contributed by atoms with Crippen LogP contribution in [0.5, 0.6) is 5.75 Å². The van der Waals surface area contributed by atoms with Crippen molar-refractivity contribution in [1.82, 2.24) is 14.9 Å². The highest BCUT2D eigenvalue weighted by atomic mass is 16.5. The Morgan fingerprint density at radius 3 is 2.81 bits per heavy atom. The molecule has 2 atom stereocenters. The molecule has 2 aromatic carbocycles. The van der Waals surface area contributed by atoms with Crippen molar-refractivity contribution < 1.29 is 4.74 Å². The van der Waals surface area contributed by atoms with Crippen LogP contribution in [0.4, 0.5) is 0 Å². The van der Waals surface area contributed by atoms with Crippen molar-refractivity contribution in [1.29, 1.82) is 0 Å². The molecule has 4 heteroatoms. The fourth-order valence-electron chi connectivity index (χ4n) is 4.63. The van der Waals surface area contributed by atoms with Crippen LogP contribution in [-0.2, 0) is 6.42 Å². The third-order valence-electron chi connectivity index (χ3n) is 5.79. The molecule has 0 saturated heterocycles. The Morgan fingerprint density at radius 2 is 1.89 bits per heavy atom. The Hall–Kier alpha value is -3.11. The number of rotatable bonds is 1. The van der Waals surface area contributed by atoms with Crippen molar-refractivity contribution >= 4 is 10.9 Å². The summed E-state index contributed by atoms with van der Waals surface area (Å²) in [6.07, 6.45) is 4.61. The number of H-pyrrole nitrogens is 1. The number of fused-ring (bicyclic) bond motifs is 7. The molecule has 0 saturated carbocycles. The third-order valence-corrected chi connectivity index (χ3v) is 5.79. The highest BCUT2D eigenvalue weighted by molar-refractivity contribution is 5.85. The number of benzene rings is 2. The lowest BCUT2D eigenvalue weighted by atomic mass is 9.90. The summed E-state index contributed by atoms with van der Waals surface area (Å²) in [4.78, 5) is 10.5. The molecule has 0 radical (unpaired) electrons. The number of para-hydroxylation sites is 2. The first-order valence-corrected chi connectivity index (χ1v) is 9.41. The van der Waals surface area contributed by atoms with Gasteiger partial charge in [-0.1, -0.05) is 42.5 Å². The third kappa shape index (κ3) is 2.17. The van der Waals surface area contributed by atoms with Gasteiger partial charge in [0, 0.05) is 46.7 Å². The average Bonchev–Trinajstić information content (AvgIpc) is 3.12. The normalized spacial score (nSPS) is 21.2. The molecule has 0 amide bonds. The number of hydrogen-bond acceptors (Lipinski definition) is 3. The van der Waals surface area contributed by atoms with Crippen LogP contribution in [0.2, 0.25) is 0 Å². The first-order valence-electron chi connectivity index (χ1n) is 9.41. The van der Waals surface area contributed by atoms with Gasteiger partial charge in [0.2, 0.25) is 0 Å². The summed E-state index contributed by atoms with van der Waals surface area (Å²) in [5.41, 5.74) is 6.27. The Morgan fingerprint density at radius 1 is 1.00 bits per heavy atom. The monoisotopic (exact) mass is 353 g/mol. The van der Waals surface area contributed by atoms with Crippen LogP contribution in [0.3, 0.4) is 0 Å². The molecule has 27 heavy (non-hydrogen) atoms. The van der Waals surface area contributed by atoms with Crippen LogP contribution in [0, 0.1) is 0 Å². The average molecular weight is 353 g/mol. The van der Waals surface area contributed by atoms with E-state index in [1.165, 1.54) is 27.7 Å². The summed E-state index contributed by atoms with van der Waals surface area (Å²) in [5.74, 6) is 0.958. The van der Waals surface area contributed by atoms with E-state index in [1.54, 1.807) is 0 Å². The van der Waals surface area contributed by atoms with Crippen LogP contribution in [0.1, 0.15) is 34.7 Å². The summed E-state index contributed by atoms with van der Waals surface area (Å²) < 4.78 is 6.45. The number of aromatic nitrogens is 2. The topological polar surface area (TPSA) is 41.1 Å². The van der Waals surface area contributed by atoms with Gasteiger partial charge < -0.3 is 9.72 Å². The maximum absolute atomic E-state index is 6.45. The van der Waals surface area contributed by atoms with Crippen molar-refractivity contribution in [2.45, 2.75) is 18.7 Å². The minimum atomic E-state index is -0.127. The second-order valence-corrected chi connectivity index (χ2v) is 7.25. The van der Waals surface area contributed by atoms with Crippen LogP contribution < -0.4 is 4.74 Å². The first-order chi connectivity index (χ1) is 13.4. The van der Waals surface area contributed by atoms with Crippen LogP contribution in [-0.4, -0.2) is 21.4 Å². The zero-order chi connectivity index (χ0) is 17.8. The van der Waals surface area contributed by atoms with E-state index in [0.717, 1.165) is 24.3 Å². The largest absolute Gasteiger partial charge is 0.470 e. The van der Waals surface area contributed by atoms with E-state index in [4.69, 9.17) is 4.74 Å². The van der Waals surface area contributed by atoms with Gasteiger partial charge in [0.15, 0.2) is 6.23 Å². The van der Waals surface area contributed by atoms with Gasteiger partial charge in [0.1, 0.15) is 5.75 Å². The zero-order valence-electron chi connectivity index (χ0n) is 14.8. The lowest BCUT2D eigenvalue weighted by Gasteiger charge is -2.45. The van der Waals surface area contributed by atoms with Gasteiger partial charge in [0.05, 0.1) is 6.04 Å². The minimum Gasteiger partial charge on any atom is -0.470 e. The highest BCUT2D eigenvalue weighted by Gasteiger charge is 2.41. The van der Waals surface area contributed by atoms with Gasteiger partial charge in [-0.2, -0.15) is 0 Å². The molecule has 1 N–H and O–H groups in total. The number of pyridine rings is 1. The van der Waals surface area contributed by atoms with Gasteiger partial charge in [-0.3, -0.25) is 9.88 Å². The van der Waals surface area contributed by atoms with E-state index in [9.17, 15) is 0 Å². The maximum Gasteiger partial charge on any atom is 0.181 e. The van der Waals surface area contributed by atoms with E-state index in [0.29, 0.717) is 0 Å². The van der Waals surface area contributed by atoms with Crippen molar-refractivity contribution in [3.05, 3.63) is 95.4 Å². The smallest absolute Gasteiger partial charge is 0.181 e. The summed E-state index contributed by atoms with van der Waals surface area (Å²) in [5, 5.41) is 1.34. The van der Waals surface area contributed by atoms with E-state index >= 15 is 0 Å². The Balaban J connectivity index is 1.58. The van der Waals surface area contributed by atoms with Crippen LogP contribution in [0.25, 0.3) is 10.9 Å². The molecule has 4 aromatic rings. The quantitative estimate of drug-likeness (QED) is 0.544. The molecular formula is C23H19N3O. The molecule has 132 valence electrons. The summed E-state index contributed by atoms with van der Waals surface area (Å²) in [7, 11) is 0. The van der Waals surface area contributed by atoms with Gasteiger partial charge in [0.25, 0.3) is 0 Å². The van der Waals surface area contributed by atoms with Crippen molar-refractivity contribution in [3.63, 3.8) is 0 Å². The standard InChI is InChI=1S/C23H19N3O/c1-3-9-19-16(7-1)17-11-13-26-22(21(17)25-19)18-8-2-4-10-20(18)27-23(26)15-6-5-12-24-14-15/h1-10,12,14,22-23,25H,11,13H2/t22-,23-/m1/s1. The van der Waals surface area contributed by atoms with E-state index in [2.05, 4.69) is 63.4 Å². The number of nitrogens with one attached hydrogen (secondary N) is 1. The summed E-state index contributed by atoms with van der Waals surface area (Å²) in [6, 6.07) is 21.3. The predicted molar refractivity (Wildman–Crippen MR) is 105 cm³/mol. The number of nitrogens with zero attached hydrogens (tertiary/aromatic N) is 2. The second-order valence-electron chi connectivity index (χ2n) is 7.25. The Kier molecular flexibility index (Phi) is 3.16. The fourth-order valence-corrected chi connectivity index (χ4v) is 4.63. The molecular weight excluding hydrogens is 334 g/mol. The molecule has 0 fully saturated rings. The maximum atomic E-state index is 6.45. The fraction of sp³-hybridized carbons (Fsp3) is 0.174. The van der Waals surface area contributed by atoms with Gasteiger partial charge in [-0.25, -0.2) is 0 Å². The first kappa shape index (κ1) is 15.0. The van der Waals surface area contributed by atoms with Crippen molar-refractivity contribution in [3.8, 4) is 5.75 Å². The Bertz CT molecular complexity index is 1130. The number of ether oxygens (including phenoxy) is 1. The van der Waals surface area contributed by atoms with Gasteiger partial charge >= 0.3 is 0 Å². The number of aromatic amines is 1. The molecule has 2 aliphatic rings. The second kappa shape index (κ2) is 5.69. The molecule has 0 bridgehead atoms. The Labute approximate surface area is 157 Å². The molecule has 0 aliphatic carbocycles. The van der Waals surface area contributed by atoms with Gasteiger partial charge in [-0.05, 0) is 30.2 Å². The molecule has 4 heterocycles. The minimum absolute atomic E-state index is 0.127.